The number of amides is 1. The Labute approximate surface area is 106 Å². The zero-order chi connectivity index (χ0) is 12.5. The summed E-state index contributed by atoms with van der Waals surface area (Å²) in [6, 6.07) is 0.484. The molecule has 0 aliphatic carbocycles. The van der Waals surface area contributed by atoms with E-state index in [1.807, 2.05) is 0 Å². The molecular weight excluding hydrogens is 212 g/mol. The minimum atomic E-state index is 0.376. The number of hydrogen-bond donors (Lipinski definition) is 1. The summed E-state index contributed by atoms with van der Waals surface area (Å²) in [5, 5.41) is 0. The molecule has 1 saturated heterocycles. The highest BCUT2D eigenvalue weighted by atomic mass is 16.2. The van der Waals surface area contributed by atoms with Crippen LogP contribution in [0.25, 0.3) is 0 Å². The highest BCUT2D eigenvalue weighted by molar-refractivity contribution is 5.76. The van der Waals surface area contributed by atoms with Gasteiger partial charge in [-0.2, -0.15) is 0 Å². The van der Waals surface area contributed by atoms with E-state index in [4.69, 9.17) is 5.73 Å². The number of hydrogen-bond acceptors (Lipinski definition) is 2. The molecular formula is C14H28N2O. The Morgan fingerprint density at radius 1 is 1.29 bits per heavy atom. The Morgan fingerprint density at radius 3 is 2.82 bits per heavy atom. The number of carbonyl (C=O) groups excluding carboxylic acids is 1. The summed E-state index contributed by atoms with van der Waals surface area (Å²) in [5.41, 5.74) is 5.54. The molecule has 1 atom stereocenters. The van der Waals surface area contributed by atoms with Crippen molar-refractivity contribution in [3.8, 4) is 0 Å². The standard InChI is InChI=1S/C14H28N2O/c1-2-3-4-5-10-14(17)16-12-7-9-13(16)8-6-11-15/h13H,2-12,15H2,1H3. The van der Waals surface area contributed by atoms with Gasteiger partial charge >= 0.3 is 0 Å². The number of rotatable bonds is 8. The van der Waals surface area contributed by atoms with Crippen LogP contribution >= 0.6 is 0 Å². The molecule has 0 saturated carbocycles. The second-order valence-electron chi connectivity index (χ2n) is 5.12. The van der Waals surface area contributed by atoms with Gasteiger partial charge in [-0.05, 0) is 38.6 Å². The fraction of sp³-hybridized carbons (Fsp3) is 0.929. The van der Waals surface area contributed by atoms with Crippen LogP contribution in [0.3, 0.4) is 0 Å². The van der Waals surface area contributed by atoms with Crippen molar-refractivity contribution in [2.45, 2.75) is 70.8 Å². The van der Waals surface area contributed by atoms with Crippen LogP contribution in [0.4, 0.5) is 0 Å². The van der Waals surface area contributed by atoms with Crippen LogP contribution in [0.2, 0.25) is 0 Å². The van der Waals surface area contributed by atoms with Crippen molar-refractivity contribution in [3.05, 3.63) is 0 Å². The zero-order valence-corrected chi connectivity index (χ0v) is 11.3. The molecule has 1 amide bonds. The van der Waals surface area contributed by atoms with E-state index in [1.54, 1.807) is 0 Å². The highest BCUT2D eigenvalue weighted by Gasteiger charge is 2.27. The number of carbonyl (C=O) groups is 1. The number of nitrogens with zero attached hydrogens (tertiary/aromatic N) is 1. The summed E-state index contributed by atoms with van der Waals surface area (Å²) in [7, 11) is 0. The van der Waals surface area contributed by atoms with Crippen molar-refractivity contribution in [1.82, 2.24) is 4.90 Å². The van der Waals surface area contributed by atoms with E-state index in [0.29, 0.717) is 11.9 Å². The summed E-state index contributed by atoms with van der Waals surface area (Å²) in [6.45, 7) is 3.92. The van der Waals surface area contributed by atoms with Crippen LogP contribution in [0.15, 0.2) is 0 Å². The van der Waals surface area contributed by atoms with Gasteiger partial charge in [0.25, 0.3) is 0 Å². The molecule has 0 aromatic heterocycles. The fourth-order valence-electron chi connectivity index (χ4n) is 2.66. The number of unbranched alkanes of at least 4 members (excludes halogenated alkanes) is 3. The maximum Gasteiger partial charge on any atom is 0.222 e. The molecule has 1 heterocycles. The Balaban J connectivity index is 2.24. The average Bonchev–Trinajstić information content (AvgIpc) is 2.80. The second-order valence-corrected chi connectivity index (χ2v) is 5.12. The lowest BCUT2D eigenvalue weighted by Gasteiger charge is -2.24. The molecule has 0 spiro atoms. The predicted octanol–water partition coefficient (Wildman–Crippen LogP) is 2.69. The van der Waals surface area contributed by atoms with Crippen LogP contribution in [0, 0.1) is 0 Å². The lowest BCUT2D eigenvalue weighted by molar-refractivity contribution is -0.132. The Kier molecular flexibility index (Phi) is 7.25. The quantitative estimate of drug-likeness (QED) is 0.663. The van der Waals surface area contributed by atoms with Crippen molar-refractivity contribution in [2.24, 2.45) is 5.73 Å². The van der Waals surface area contributed by atoms with Gasteiger partial charge in [-0.25, -0.2) is 0 Å². The van der Waals surface area contributed by atoms with Gasteiger partial charge in [0.05, 0.1) is 0 Å². The predicted molar refractivity (Wildman–Crippen MR) is 71.8 cm³/mol. The minimum absolute atomic E-state index is 0.376. The van der Waals surface area contributed by atoms with E-state index >= 15 is 0 Å². The Hall–Kier alpha value is -0.570. The van der Waals surface area contributed by atoms with Crippen molar-refractivity contribution >= 4 is 5.91 Å². The SMILES string of the molecule is CCCCCCC(=O)N1CCCC1CCCN. The molecule has 17 heavy (non-hydrogen) atoms. The molecule has 2 N–H and O–H groups in total. The van der Waals surface area contributed by atoms with Gasteiger partial charge in [0.1, 0.15) is 0 Å². The first-order valence-corrected chi connectivity index (χ1v) is 7.29. The van der Waals surface area contributed by atoms with E-state index < -0.39 is 0 Å². The molecule has 1 rings (SSSR count). The molecule has 0 radical (unpaired) electrons. The van der Waals surface area contributed by atoms with Crippen LogP contribution in [0.1, 0.15) is 64.7 Å². The molecule has 3 heteroatoms. The minimum Gasteiger partial charge on any atom is -0.340 e. The van der Waals surface area contributed by atoms with Crippen LogP contribution in [-0.2, 0) is 4.79 Å². The third kappa shape index (κ3) is 5.07. The van der Waals surface area contributed by atoms with Crippen molar-refractivity contribution in [1.29, 1.82) is 0 Å². The summed E-state index contributed by atoms with van der Waals surface area (Å²) < 4.78 is 0. The summed E-state index contributed by atoms with van der Waals surface area (Å²) in [5.74, 6) is 0.376. The van der Waals surface area contributed by atoms with Crippen LogP contribution < -0.4 is 5.73 Å². The molecule has 1 fully saturated rings. The fourth-order valence-corrected chi connectivity index (χ4v) is 2.66. The van der Waals surface area contributed by atoms with Gasteiger partial charge in [-0.1, -0.05) is 26.2 Å². The van der Waals surface area contributed by atoms with Crippen molar-refractivity contribution < 1.29 is 4.79 Å². The van der Waals surface area contributed by atoms with E-state index in [1.165, 1.54) is 32.1 Å². The zero-order valence-electron chi connectivity index (χ0n) is 11.3. The smallest absolute Gasteiger partial charge is 0.222 e. The van der Waals surface area contributed by atoms with Gasteiger partial charge in [-0.3, -0.25) is 4.79 Å². The Morgan fingerprint density at radius 2 is 2.12 bits per heavy atom. The molecule has 1 aliphatic heterocycles. The first-order valence-electron chi connectivity index (χ1n) is 7.29. The van der Waals surface area contributed by atoms with E-state index in [2.05, 4.69) is 11.8 Å². The third-order valence-corrected chi connectivity index (χ3v) is 3.68. The van der Waals surface area contributed by atoms with Crippen molar-refractivity contribution in [2.75, 3.05) is 13.1 Å². The molecule has 0 aromatic rings. The topological polar surface area (TPSA) is 46.3 Å². The molecule has 1 unspecified atom stereocenters. The summed E-state index contributed by atoms with van der Waals surface area (Å²) in [4.78, 5) is 14.2. The first kappa shape index (κ1) is 14.5. The molecule has 1 aliphatic rings. The lowest BCUT2D eigenvalue weighted by Crippen LogP contribution is -2.35. The molecule has 100 valence electrons. The number of nitrogens with two attached hydrogens (primary N) is 1. The Bertz CT molecular complexity index is 218. The van der Waals surface area contributed by atoms with E-state index in [0.717, 1.165) is 38.8 Å². The van der Waals surface area contributed by atoms with Gasteiger partial charge in [-0.15, -0.1) is 0 Å². The maximum atomic E-state index is 12.1. The van der Waals surface area contributed by atoms with E-state index in [-0.39, 0.29) is 0 Å². The average molecular weight is 240 g/mol. The van der Waals surface area contributed by atoms with E-state index in [9.17, 15) is 4.79 Å². The van der Waals surface area contributed by atoms with Gasteiger partial charge in [0, 0.05) is 19.0 Å². The normalized spacial score (nSPS) is 19.9. The van der Waals surface area contributed by atoms with Crippen molar-refractivity contribution in [3.63, 3.8) is 0 Å². The second kappa shape index (κ2) is 8.51. The third-order valence-electron chi connectivity index (χ3n) is 3.68. The number of likely N-dealkylation sites (tertiary alicyclic amines) is 1. The lowest BCUT2D eigenvalue weighted by atomic mass is 10.1. The largest absolute Gasteiger partial charge is 0.340 e. The van der Waals surface area contributed by atoms with Gasteiger partial charge in [0.15, 0.2) is 0 Å². The maximum absolute atomic E-state index is 12.1. The molecule has 0 bridgehead atoms. The first-order chi connectivity index (χ1) is 8.29. The molecule has 3 nitrogen and oxygen atoms in total. The highest BCUT2D eigenvalue weighted by Crippen LogP contribution is 2.22. The van der Waals surface area contributed by atoms with Crippen LogP contribution in [0.5, 0.6) is 0 Å². The summed E-state index contributed by atoms with van der Waals surface area (Å²) >= 11 is 0. The van der Waals surface area contributed by atoms with Gasteiger partial charge in [0.2, 0.25) is 5.91 Å². The summed E-state index contributed by atoms with van der Waals surface area (Å²) in [6.07, 6.45) is 9.99. The monoisotopic (exact) mass is 240 g/mol. The van der Waals surface area contributed by atoms with Crippen LogP contribution in [-0.4, -0.2) is 29.9 Å². The molecule has 0 aromatic carbocycles. The van der Waals surface area contributed by atoms with Gasteiger partial charge < -0.3 is 10.6 Å².